The van der Waals surface area contributed by atoms with E-state index in [1.54, 1.807) is 35.0 Å². The number of carbonyl (C=O) groups is 1. The van der Waals surface area contributed by atoms with Crippen LogP contribution in [0.5, 0.6) is 0 Å². The van der Waals surface area contributed by atoms with Crippen LogP contribution in [0.3, 0.4) is 0 Å². The van der Waals surface area contributed by atoms with Crippen LogP contribution in [0.1, 0.15) is 15.9 Å². The number of halogens is 2. The van der Waals surface area contributed by atoms with Crippen LogP contribution in [-0.4, -0.2) is 20.4 Å². The lowest BCUT2D eigenvalue weighted by molar-refractivity contribution is 0.0695. The molecule has 0 atom stereocenters. The van der Waals surface area contributed by atoms with Crippen molar-refractivity contribution in [3.05, 3.63) is 85.7 Å². The zero-order valence-electron chi connectivity index (χ0n) is 12.3. The standard InChI is InChI=1S/C17H12BrClN2O3/c18-12-5-7-13(8-6-12)21-16(22)14(17(23)24)10-20(21)9-11-3-1-2-4-15(11)19/h1-8,10H,9H2,(H,23,24). The third-order valence-electron chi connectivity index (χ3n) is 3.55. The predicted molar refractivity (Wildman–Crippen MR) is 95.2 cm³/mol. The molecule has 0 fully saturated rings. The monoisotopic (exact) mass is 406 g/mol. The van der Waals surface area contributed by atoms with Gasteiger partial charge in [-0.2, -0.15) is 0 Å². The van der Waals surface area contributed by atoms with Gasteiger partial charge in [-0.1, -0.05) is 45.7 Å². The van der Waals surface area contributed by atoms with Gasteiger partial charge in [-0.25, -0.2) is 9.48 Å². The molecule has 3 rings (SSSR count). The SMILES string of the molecule is O=C(O)c1cn(Cc2ccccc2Cl)n(-c2ccc(Br)cc2)c1=O. The van der Waals surface area contributed by atoms with E-state index in [0.717, 1.165) is 10.0 Å². The highest BCUT2D eigenvalue weighted by atomic mass is 79.9. The van der Waals surface area contributed by atoms with Crippen LogP contribution in [-0.2, 0) is 6.54 Å². The molecule has 0 amide bonds. The van der Waals surface area contributed by atoms with Crippen molar-refractivity contribution in [2.24, 2.45) is 0 Å². The Balaban J connectivity index is 2.16. The number of aromatic carboxylic acids is 1. The number of hydrogen-bond acceptors (Lipinski definition) is 2. The van der Waals surface area contributed by atoms with Gasteiger partial charge in [0.05, 0.1) is 12.2 Å². The molecule has 1 aromatic heterocycles. The number of aromatic nitrogens is 2. The third kappa shape index (κ3) is 3.16. The van der Waals surface area contributed by atoms with E-state index in [1.165, 1.54) is 10.9 Å². The van der Waals surface area contributed by atoms with Crippen molar-refractivity contribution >= 4 is 33.5 Å². The first-order valence-electron chi connectivity index (χ1n) is 7.02. The Morgan fingerprint density at radius 2 is 1.79 bits per heavy atom. The average Bonchev–Trinajstić information content (AvgIpc) is 2.87. The highest BCUT2D eigenvalue weighted by molar-refractivity contribution is 9.10. The second-order valence-electron chi connectivity index (χ2n) is 5.13. The lowest BCUT2D eigenvalue weighted by atomic mass is 10.2. The second kappa shape index (κ2) is 6.67. The molecule has 0 aliphatic rings. The van der Waals surface area contributed by atoms with Crippen molar-refractivity contribution < 1.29 is 9.90 Å². The van der Waals surface area contributed by atoms with E-state index in [4.69, 9.17) is 11.6 Å². The number of benzene rings is 2. The minimum Gasteiger partial charge on any atom is -0.477 e. The summed E-state index contributed by atoms with van der Waals surface area (Å²) < 4.78 is 3.75. The van der Waals surface area contributed by atoms with Crippen LogP contribution in [0.2, 0.25) is 5.02 Å². The number of carboxylic acid groups (broad SMARTS) is 1. The summed E-state index contributed by atoms with van der Waals surface area (Å²) in [4.78, 5) is 23.8. The lowest BCUT2D eigenvalue weighted by Crippen LogP contribution is -2.24. The maximum absolute atomic E-state index is 12.5. The molecule has 7 heteroatoms. The molecule has 0 radical (unpaired) electrons. The van der Waals surface area contributed by atoms with Crippen LogP contribution < -0.4 is 5.56 Å². The molecular weight excluding hydrogens is 396 g/mol. The van der Waals surface area contributed by atoms with Crippen molar-refractivity contribution in [2.75, 3.05) is 0 Å². The van der Waals surface area contributed by atoms with E-state index < -0.39 is 11.5 Å². The Bertz CT molecular complexity index is 961. The molecule has 0 saturated heterocycles. The number of nitrogens with zero attached hydrogens (tertiary/aromatic N) is 2. The normalized spacial score (nSPS) is 10.8. The maximum Gasteiger partial charge on any atom is 0.342 e. The summed E-state index contributed by atoms with van der Waals surface area (Å²) in [5.74, 6) is -1.26. The first kappa shape index (κ1) is 16.5. The molecule has 0 spiro atoms. The molecule has 0 aliphatic carbocycles. The molecule has 5 nitrogen and oxygen atoms in total. The predicted octanol–water partition coefficient (Wildman–Crippen LogP) is 3.80. The van der Waals surface area contributed by atoms with Crippen LogP contribution in [0.25, 0.3) is 5.69 Å². The van der Waals surface area contributed by atoms with Crippen LogP contribution in [0, 0.1) is 0 Å². The molecule has 0 unspecified atom stereocenters. The molecule has 1 N–H and O–H groups in total. The van der Waals surface area contributed by atoms with E-state index in [1.807, 2.05) is 18.2 Å². The fraction of sp³-hybridized carbons (Fsp3) is 0.0588. The van der Waals surface area contributed by atoms with Crippen LogP contribution >= 0.6 is 27.5 Å². The molecule has 122 valence electrons. The van der Waals surface area contributed by atoms with E-state index >= 15 is 0 Å². The highest BCUT2D eigenvalue weighted by Gasteiger charge is 2.18. The van der Waals surface area contributed by atoms with Crippen molar-refractivity contribution in [1.29, 1.82) is 0 Å². The Labute approximate surface area is 150 Å². The smallest absolute Gasteiger partial charge is 0.342 e. The van der Waals surface area contributed by atoms with Gasteiger partial charge < -0.3 is 5.11 Å². The number of hydrogen-bond donors (Lipinski definition) is 1. The fourth-order valence-corrected chi connectivity index (χ4v) is 2.86. The van der Waals surface area contributed by atoms with Crippen molar-refractivity contribution in [3.63, 3.8) is 0 Å². The van der Waals surface area contributed by atoms with Gasteiger partial charge >= 0.3 is 5.97 Å². The van der Waals surface area contributed by atoms with E-state index in [9.17, 15) is 14.7 Å². The molecule has 24 heavy (non-hydrogen) atoms. The minimum atomic E-state index is -1.26. The molecule has 0 bridgehead atoms. The molecule has 2 aromatic carbocycles. The molecule has 0 saturated carbocycles. The van der Waals surface area contributed by atoms with Gasteiger partial charge in [0.15, 0.2) is 0 Å². The Morgan fingerprint density at radius 1 is 1.12 bits per heavy atom. The van der Waals surface area contributed by atoms with Crippen molar-refractivity contribution in [2.45, 2.75) is 6.54 Å². The van der Waals surface area contributed by atoms with Gasteiger partial charge in [-0.3, -0.25) is 9.48 Å². The summed E-state index contributed by atoms with van der Waals surface area (Å²) in [6, 6.07) is 14.3. The summed E-state index contributed by atoms with van der Waals surface area (Å²) in [7, 11) is 0. The van der Waals surface area contributed by atoms with Crippen LogP contribution in [0.15, 0.2) is 64.0 Å². The quantitative estimate of drug-likeness (QED) is 0.715. The van der Waals surface area contributed by atoms with Gasteiger partial charge in [0, 0.05) is 15.7 Å². The van der Waals surface area contributed by atoms with Gasteiger partial charge in [0.1, 0.15) is 5.56 Å². The fourth-order valence-electron chi connectivity index (χ4n) is 2.40. The van der Waals surface area contributed by atoms with Crippen molar-refractivity contribution in [3.8, 4) is 5.69 Å². The van der Waals surface area contributed by atoms with Crippen molar-refractivity contribution in [1.82, 2.24) is 9.36 Å². The zero-order valence-corrected chi connectivity index (χ0v) is 14.7. The Kier molecular flexibility index (Phi) is 4.59. The number of carboxylic acids is 1. The topological polar surface area (TPSA) is 64.2 Å². The first-order valence-corrected chi connectivity index (χ1v) is 8.19. The second-order valence-corrected chi connectivity index (χ2v) is 6.45. The Morgan fingerprint density at radius 3 is 2.42 bits per heavy atom. The van der Waals surface area contributed by atoms with Gasteiger partial charge in [-0.15, -0.1) is 0 Å². The minimum absolute atomic E-state index is 0.276. The molecular formula is C17H12BrClN2O3. The summed E-state index contributed by atoms with van der Waals surface area (Å²) in [6.45, 7) is 0.276. The highest BCUT2D eigenvalue weighted by Crippen LogP contribution is 2.18. The summed E-state index contributed by atoms with van der Waals surface area (Å²) in [5.41, 5.74) is 0.488. The van der Waals surface area contributed by atoms with Gasteiger partial charge in [0.2, 0.25) is 0 Å². The number of rotatable bonds is 4. The van der Waals surface area contributed by atoms with E-state index in [0.29, 0.717) is 10.7 Å². The average molecular weight is 408 g/mol. The summed E-state index contributed by atoms with van der Waals surface area (Å²) in [6.07, 6.45) is 1.33. The Hall–Kier alpha value is -2.31. The van der Waals surface area contributed by atoms with Crippen LogP contribution in [0.4, 0.5) is 0 Å². The third-order valence-corrected chi connectivity index (χ3v) is 4.45. The van der Waals surface area contributed by atoms with E-state index in [-0.39, 0.29) is 12.1 Å². The molecule has 3 aromatic rings. The lowest BCUT2D eigenvalue weighted by Gasteiger charge is -2.12. The van der Waals surface area contributed by atoms with Gasteiger partial charge in [0.25, 0.3) is 5.56 Å². The summed E-state index contributed by atoms with van der Waals surface area (Å²) >= 11 is 9.52. The first-order chi connectivity index (χ1) is 11.5. The maximum atomic E-state index is 12.5. The summed E-state index contributed by atoms with van der Waals surface area (Å²) in [5, 5.41) is 9.81. The molecule has 0 aliphatic heterocycles. The molecule has 1 heterocycles. The largest absolute Gasteiger partial charge is 0.477 e. The van der Waals surface area contributed by atoms with E-state index in [2.05, 4.69) is 15.9 Å². The zero-order chi connectivity index (χ0) is 17.3. The van der Waals surface area contributed by atoms with Gasteiger partial charge in [-0.05, 0) is 35.9 Å².